The van der Waals surface area contributed by atoms with E-state index in [4.69, 9.17) is 0 Å². The maximum absolute atomic E-state index is 12.4. The van der Waals surface area contributed by atoms with Crippen molar-refractivity contribution in [3.63, 3.8) is 0 Å². The Kier molecular flexibility index (Phi) is 6.73. The van der Waals surface area contributed by atoms with Gasteiger partial charge in [-0.3, -0.25) is 9.10 Å². The number of hydrogen-bond donors (Lipinski definition) is 1. The van der Waals surface area contributed by atoms with Gasteiger partial charge in [-0.15, -0.1) is 0 Å². The highest BCUT2D eigenvalue weighted by molar-refractivity contribution is 7.92. The first-order valence-corrected chi connectivity index (χ1v) is 11.7. The molecule has 1 N–H and O–H groups in total. The first kappa shape index (κ1) is 20.4. The van der Waals surface area contributed by atoms with Gasteiger partial charge in [0.25, 0.3) is 0 Å². The fourth-order valence-corrected chi connectivity index (χ4v) is 4.62. The van der Waals surface area contributed by atoms with Crippen molar-refractivity contribution < 1.29 is 13.2 Å². The number of nitrogens with one attached hydrogen (secondary N) is 1. The number of allylic oxidation sites excluding steroid dienone is 1. The summed E-state index contributed by atoms with van der Waals surface area (Å²) in [5.74, 6) is -0.0298. The van der Waals surface area contributed by atoms with Crippen LogP contribution in [-0.4, -0.2) is 33.7 Å². The number of anilines is 1. The Morgan fingerprint density at radius 3 is 2.64 bits per heavy atom. The van der Waals surface area contributed by atoms with Gasteiger partial charge in [0.2, 0.25) is 15.9 Å². The largest absolute Gasteiger partial charge is 0.352 e. The van der Waals surface area contributed by atoms with Gasteiger partial charge < -0.3 is 5.32 Å². The molecule has 28 heavy (non-hydrogen) atoms. The molecule has 2 aromatic carbocycles. The molecule has 3 rings (SSSR count). The van der Waals surface area contributed by atoms with Gasteiger partial charge in [-0.25, -0.2) is 8.42 Å². The van der Waals surface area contributed by atoms with Crippen molar-refractivity contribution >= 4 is 32.4 Å². The van der Waals surface area contributed by atoms with Gasteiger partial charge in [-0.1, -0.05) is 48.0 Å². The van der Waals surface area contributed by atoms with Crippen LogP contribution in [0.25, 0.3) is 10.8 Å². The smallest absolute Gasteiger partial charge is 0.232 e. The summed E-state index contributed by atoms with van der Waals surface area (Å²) < 4.78 is 26.2. The van der Waals surface area contributed by atoms with E-state index in [9.17, 15) is 13.2 Å². The molecule has 0 aliphatic heterocycles. The molecule has 0 bridgehead atoms. The maximum atomic E-state index is 12.4. The highest BCUT2D eigenvalue weighted by Crippen LogP contribution is 2.28. The first-order chi connectivity index (χ1) is 13.4. The Morgan fingerprint density at radius 2 is 1.89 bits per heavy atom. The number of carbonyl (C=O) groups excluding carboxylic acids is 1. The van der Waals surface area contributed by atoms with Crippen LogP contribution in [0.1, 0.15) is 38.5 Å². The predicted octanol–water partition coefficient (Wildman–Crippen LogP) is 4.00. The lowest BCUT2D eigenvalue weighted by Gasteiger charge is -2.24. The number of nitrogens with zero attached hydrogens (tertiary/aromatic N) is 1. The Labute approximate surface area is 167 Å². The maximum Gasteiger partial charge on any atom is 0.232 e. The average molecular weight is 401 g/mol. The standard InChI is InChI=1S/C22H28N2O3S/c1-28(26,27)24(21-14-7-12-19-11-5-6-13-20(19)21)16-8-15-22(25)23-17-18-9-3-2-4-10-18/h5-7,9,11-14H,2-4,8,10,15-17H2,1H3,(H,23,25). The van der Waals surface area contributed by atoms with Crippen LogP contribution in [0.2, 0.25) is 0 Å². The van der Waals surface area contributed by atoms with Gasteiger partial charge in [0.15, 0.2) is 0 Å². The average Bonchev–Trinajstić information content (AvgIpc) is 2.69. The van der Waals surface area contributed by atoms with Gasteiger partial charge in [0.1, 0.15) is 0 Å². The number of amides is 1. The van der Waals surface area contributed by atoms with Gasteiger partial charge in [-0.05, 0) is 43.6 Å². The van der Waals surface area contributed by atoms with Crippen molar-refractivity contribution in [2.45, 2.75) is 38.5 Å². The van der Waals surface area contributed by atoms with Gasteiger partial charge >= 0.3 is 0 Å². The van der Waals surface area contributed by atoms with Crippen molar-refractivity contribution in [1.82, 2.24) is 5.32 Å². The minimum Gasteiger partial charge on any atom is -0.352 e. The quantitative estimate of drug-likeness (QED) is 0.681. The molecule has 0 atom stereocenters. The van der Waals surface area contributed by atoms with E-state index in [1.807, 2.05) is 42.5 Å². The Bertz CT molecular complexity index is 961. The van der Waals surface area contributed by atoms with Gasteiger partial charge in [0.05, 0.1) is 11.9 Å². The normalized spacial score (nSPS) is 14.5. The molecule has 0 radical (unpaired) electrons. The molecule has 1 aliphatic rings. The van der Waals surface area contributed by atoms with E-state index in [0.29, 0.717) is 25.1 Å². The second kappa shape index (κ2) is 9.24. The fraction of sp³-hybridized carbons (Fsp3) is 0.409. The number of sulfonamides is 1. The van der Waals surface area contributed by atoms with Crippen LogP contribution in [0.3, 0.4) is 0 Å². The van der Waals surface area contributed by atoms with E-state index in [0.717, 1.165) is 23.6 Å². The summed E-state index contributed by atoms with van der Waals surface area (Å²) in [4.78, 5) is 12.2. The Balaban J connectivity index is 1.62. The van der Waals surface area contributed by atoms with Crippen molar-refractivity contribution in [3.8, 4) is 0 Å². The third-order valence-corrected chi connectivity index (χ3v) is 6.28. The van der Waals surface area contributed by atoms with E-state index in [1.165, 1.54) is 29.0 Å². The molecule has 1 amide bonds. The van der Waals surface area contributed by atoms with Crippen LogP contribution in [0, 0.1) is 0 Å². The molecule has 2 aromatic rings. The summed E-state index contributed by atoms with van der Waals surface area (Å²) in [6.45, 7) is 0.890. The van der Waals surface area contributed by atoms with E-state index < -0.39 is 10.0 Å². The van der Waals surface area contributed by atoms with Crippen molar-refractivity contribution in [1.29, 1.82) is 0 Å². The molecule has 0 spiro atoms. The molecule has 0 saturated heterocycles. The molecular formula is C22H28N2O3S. The number of benzene rings is 2. The highest BCUT2D eigenvalue weighted by Gasteiger charge is 2.19. The molecule has 0 unspecified atom stereocenters. The lowest BCUT2D eigenvalue weighted by Crippen LogP contribution is -2.32. The Morgan fingerprint density at radius 1 is 1.11 bits per heavy atom. The first-order valence-electron chi connectivity index (χ1n) is 9.85. The molecule has 5 nitrogen and oxygen atoms in total. The minimum atomic E-state index is -3.44. The Hall–Kier alpha value is -2.34. The SMILES string of the molecule is CS(=O)(=O)N(CCCC(=O)NCC1=CCCCC1)c1cccc2ccccc12. The minimum absolute atomic E-state index is 0.0298. The zero-order chi connectivity index (χ0) is 20.0. The summed E-state index contributed by atoms with van der Waals surface area (Å²) in [6, 6.07) is 13.4. The van der Waals surface area contributed by atoms with E-state index in [2.05, 4.69) is 11.4 Å². The van der Waals surface area contributed by atoms with Crippen molar-refractivity contribution in [2.24, 2.45) is 0 Å². The zero-order valence-electron chi connectivity index (χ0n) is 16.4. The lowest BCUT2D eigenvalue weighted by molar-refractivity contribution is -0.120. The fourth-order valence-electron chi connectivity index (χ4n) is 3.64. The van der Waals surface area contributed by atoms with Crippen LogP contribution in [0.4, 0.5) is 5.69 Å². The summed E-state index contributed by atoms with van der Waals surface area (Å²) in [5.41, 5.74) is 1.96. The van der Waals surface area contributed by atoms with Crippen LogP contribution >= 0.6 is 0 Å². The van der Waals surface area contributed by atoms with Crippen LogP contribution in [-0.2, 0) is 14.8 Å². The second-order valence-electron chi connectivity index (χ2n) is 7.32. The highest BCUT2D eigenvalue weighted by atomic mass is 32.2. The number of rotatable bonds is 8. The lowest BCUT2D eigenvalue weighted by atomic mass is 10.00. The molecule has 1 aliphatic carbocycles. The van der Waals surface area contributed by atoms with Crippen molar-refractivity contribution in [2.75, 3.05) is 23.7 Å². The number of hydrogen-bond acceptors (Lipinski definition) is 3. The summed E-state index contributed by atoms with van der Waals surface area (Å²) in [7, 11) is -3.44. The van der Waals surface area contributed by atoms with Gasteiger partial charge in [0, 0.05) is 24.9 Å². The molecule has 0 aromatic heterocycles. The third-order valence-electron chi connectivity index (χ3n) is 5.10. The topological polar surface area (TPSA) is 66.5 Å². The summed E-state index contributed by atoms with van der Waals surface area (Å²) in [5, 5.41) is 4.84. The second-order valence-corrected chi connectivity index (χ2v) is 9.23. The van der Waals surface area contributed by atoms with Gasteiger partial charge in [-0.2, -0.15) is 0 Å². The van der Waals surface area contributed by atoms with Crippen molar-refractivity contribution in [3.05, 3.63) is 54.1 Å². The third kappa shape index (κ3) is 5.35. The molecule has 150 valence electrons. The zero-order valence-corrected chi connectivity index (χ0v) is 17.2. The molecule has 0 saturated carbocycles. The molecular weight excluding hydrogens is 372 g/mol. The summed E-state index contributed by atoms with van der Waals surface area (Å²) in [6.07, 6.45) is 8.79. The molecule has 0 heterocycles. The van der Waals surface area contributed by atoms with Crippen LogP contribution in [0.15, 0.2) is 54.1 Å². The van der Waals surface area contributed by atoms with Crippen LogP contribution < -0.4 is 9.62 Å². The van der Waals surface area contributed by atoms with E-state index in [1.54, 1.807) is 0 Å². The molecule has 0 fully saturated rings. The van der Waals surface area contributed by atoms with E-state index in [-0.39, 0.29) is 12.5 Å². The number of carbonyl (C=O) groups is 1. The number of fused-ring (bicyclic) bond motifs is 1. The monoisotopic (exact) mass is 400 g/mol. The van der Waals surface area contributed by atoms with Crippen LogP contribution in [0.5, 0.6) is 0 Å². The van der Waals surface area contributed by atoms with E-state index >= 15 is 0 Å². The summed E-state index contributed by atoms with van der Waals surface area (Å²) >= 11 is 0. The molecule has 6 heteroatoms. The predicted molar refractivity (Wildman–Crippen MR) is 115 cm³/mol.